The second-order valence-electron chi connectivity index (χ2n) is 6.15. The summed E-state index contributed by atoms with van der Waals surface area (Å²) in [6.07, 6.45) is 3.79. The first-order valence-electron chi connectivity index (χ1n) is 8.24. The second kappa shape index (κ2) is 6.63. The molecule has 1 saturated heterocycles. The summed E-state index contributed by atoms with van der Waals surface area (Å²) in [6.45, 7) is 7.93. The Morgan fingerprint density at radius 1 is 1.38 bits per heavy atom. The van der Waals surface area contributed by atoms with E-state index in [0.29, 0.717) is 12.1 Å². The highest BCUT2D eigenvalue weighted by Gasteiger charge is 2.23. The van der Waals surface area contributed by atoms with Crippen LogP contribution in [0.1, 0.15) is 44.9 Å². The van der Waals surface area contributed by atoms with Crippen LogP contribution in [0.15, 0.2) is 34.7 Å². The van der Waals surface area contributed by atoms with Crippen LogP contribution in [0.4, 0.5) is 0 Å². The molecule has 3 rings (SSSR count). The van der Waals surface area contributed by atoms with Crippen molar-refractivity contribution >= 4 is 11.0 Å². The van der Waals surface area contributed by atoms with Gasteiger partial charge in [0.2, 0.25) is 0 Å². The summed E-state index contributed by atoms with van der Waals surface area (Å²) < 4.78 is 6.06. The molecule has 114 valence electrons. The molecule has 0 radical (unpaired) electrons. The molecule has 1 N–H and O–H groups in total. The molecule has 21 heavy (non-hydrogen) atoms. The first-order valence-corrected chi connectivity index (χ1v) is 8.24. The fourth-order valence-electron chi connectivity index (χ4n) is 3.31. The van der Waals surface area contributed by atoms with Gasteiger partial charge in [-0.1, -0.05) is 25.1 Å². The van der Waals surface area contributed by atoms with Crippen LogP contribution >= 0.6 is 0 Å². The van der Waals surface area contributed by atoms with E-state index in [2.05, 4.69) is 42.3 Å². The van der Waals surface area contributed by atoms with Gasteiger partial charge in [0.15, 0.2) is 0 Å². The standard InChI is InChI=1S/C18H26N2O/c1-3-11-20(13-16-8-6-10-19-16)14(2)18-12-15-7-4-5-9-17(15)21-18/h4-5,7,9,12,14,16,19H,3,6,8,10-11,13H2,1-2H3. The van der Waals surface area contributed by atoms with Crippen LogP contribution in [0.25, 0.3) is 11.0 Å². The monoisotopic (exact) mass is 286 g/mol. The number of rotatable bonds is 6. The van der Waals surface area contributed by atoms with Crippen LogP contribution in [-0.4, -0.2) is 30.6 Å². The lowest BCUT2D eigenvalue weighted by Gasteiger charge is -2.30. The van der Waals surface area contributed by atoms with Gasteiger partial charge in [-0.2, -0.15) is 0 Å². The van der Waals surface area contributed by atoms with Gasteiger partial charge < -0.3 is 9.73 Å². The summed E-state index contributed by atoms with van der Waals surface area (Å²) in [5.41, 5.74) is 0.995. The van der Waals surface area contributed by atoms with Crippen molar-refractivity contribution in [3.63, 3.8) is 0 Å². The Bertz CT molecular complexity index is 538. The summed E-state index contributed by atoms with van der Waals surface area (Å²) in [4.78, 5) is 2.56. The van der Waals surface area contributed by atoms with Crippen LogP contribution in [0.5, 0.6) is 0 Å². The number of fused-ring (bicyclic) bond motifs is 1. The highest BCUT2D eigenvalue weighted by atomic mass is 16.3. The maximum Gasteiger partial charge on any atom is 0.134 e. The number of benzene rings is 1. The number of nitrogens with one attached hydrogen (secondary N) is 1. The lowest BCUT2D eigenvalue weighted by Crippen LogP contribution is -2.39. The first kappa shape index (κ1) is 14.6. The topological polar surface area (TPSA) is 28.4 Å². The van der Waals surface area contributed by atoms with E-state index in [1.807, 2.05) is 12.1 Å². The SMILES string of the molecule is CCCN(CC1CCCN1)C(C)c1cc2ccccc2o1. The molecule has 1 aliphatic heterocycles. The third-order valence-electron chi connectivity index (χ3n) is 4.53. The maximum absolute atomic E-state index is 6.06. The minimum absolute atomic E-state index is 0.333. The van der Waals surface area contributed by atoms with Gasteiger partial charge in [-0.05, 0) is 51.4 Å². The summed E-state index contributed by atoms with van der Waals surface area (Å²) >= 11 is 0. The summed E-state index contributed by atoms with van der Waals surface area (Å²) in [7, 11) is 0. The minimum Gasteiger partial charge on any atom is -0.459 e. The molecule has 2 heterocycles. The van der Waals surface area contributed by atoms with Gasteiger partial charge in [0.05, 0.1) is 6.04 Å². The van der Waals surface area contributed by atoms with Crippen molar-refractivity contribution in [2.75, 3.05) is 19.6 Å². The van der Waals surface area contributed by atoms with Crippen molar-refractivity contribution in [1.82, 2.24) is 10.2 Å². The molecular formula is C18H26N2O. The van der Waals surface area contributed by atoms with Crippen LogP contribution in [0.2, 0.25) is 0 Å². The van der Waals surface area contributed by atoms with E-state index in [1.54, 1.807) is 0 Å². The lowest BCUT2D eigenvalue weighted by atomic mass is 10.1. The van der Waals surface area contributed by atoms with E-state index in [-0.39, 0.29) is 0 Å². The van der Waals surface area contributed by atoms with E-state index >= 15 is 0 Å². The Morgan fingerprint density at radius 2 is 2.24 bits per heavy atom. The highest BCUT2D eigenvalue weighted by molar-refractivity contribution is 5.77. The Kier molecular flexibility index (Phi) is 4.61. The molecule has 1 aromatic carbocycles. The maximum atomic E-state index is 6.06. The molecule has 2 aromatic rings. The predicted octanol–water partition coefficient (Wildman–Crippen LogP) is 3.96. The molecule has 3 heteroatoms. The van der Waals surface area contributed by atoms with E-state index < -0.39 is 0 Å². The fraction of sp³-hybridized carbons (Fsp3) is 0.556. The third-order valence-corrected chi connectivity index (χ3v) is 4.53. The zero-order valence-electron chi connectivity index (χ0n) is 13.1. The van der Waals surface area contributed by atoms with Crippen molar-refractivity contribution in [2.45, 2.75) is 45.2 Å². The zero-order valence-corrected chi connectivity index (χ0v) is 13.1. The molecule has 3 nitrogen and oxygen atoms in total. The number of hydrogen-bond donors (Lipinski definition) is 1. The van der Waals surface area contributed by atoms with E-state index in [9.17, 15) is 0 Å². The number of para-hydroxylation sites is 1. The highest BCUT2D eigenvalue weighted by Crippen LogP contribution is 2.28. The van der Waals surface area contributed by atoms with Gasteiger partial charge in [-0.15, -0.1) is 0 Å². The van der Waals surface area contributed by atoms with Crippen molar-refractivity contribution in [2.24, 2.45) is 0 Å². The van der Waals surface area contributed by atoms with Crippen LogP contribution in [0, 0.1) is 0 Å². The molecular weight excluding hydrogens is 260 g/mol. The Balaban J connectivity index is 1.76. The Labute approximate surface area is 127 Å². The molecule has 2 unspecified atom stereocenters. The quantitative estimate of drug-likeness (QED) is 0.871. The molecule has 0 aliphatic carbocycles. The molecule has 1 aliphatic rings. The molecule has 0 amide bonds. The molecule has 0 bridgehead atoms. The summed E-state index contributed by atoms with van der Waals surface area (Å²) in [6, 6.07) is 11.4. The number of furan rings is 1. The van der Waals surface area contributed by atoms with Crippen molar-refractivity contribution in [3.05, 3.63) is 36.1 Å². The molecule has 2 atom stereocenters. The molecule has 1 aromatic heterocycles. The largest absolute Gasteiger partial charge is 0.459 e. The lowest BCUT2D eigenvalue weighted by molar-refractivity contribution is 0.174. The van der Waals surface area contributed by atoms with Gasteiger partial charge in [0.25, 0.3) is 0 Å². The molecule has 0 saturated carbocycles. The van der Waals surface area contributed by atoms with E-state index in [0.717, 1.165) is 24.4 Å². The smallest absolute Gasteiger partial charge is 0.134 e. The van der Waals surface area contributed by atoms with Gasteiger partial charge >= 0.3 is 0 Å². The van der Waals surface area contributed by atoms with Crippen molar-refractivity contribution in [3.8, 4) is 0 Å². The molecule has 0 spiro atoms. The first-order chi connectivity index (χ1) is 10.3. The predicted molar refractivity (Wildman–Crippen MR) is 87.5 cm³/mol. The third kappa shape index (κ3) is 3.30. The van der Waals surface area contributed by atoms with Crippen LogP contribution < -0.4 is 5.32 Å². The van der Waals surface area contributed by atoms with Crippen LogP contribution in [-0.2, 0) is 0 Å². The minimum atomic E-state index is 0.333. The van der Waals surface area contributed by atoms with E-state index in [4.69, 9.17) is 4.42 Å². The normalized spacial score (nSPS) is 20.4. The van der Waals surface area contributed by atoms with Gasteiger partial charge in [-0.3, -0.25) is 4.90 Å². The van der Waals surface area contributed by atoms with Gasteiger partial charge in [-0.25, -0.2) is 0 Å². The summed E-state index contributed by atoms with van der Waals surface area (Å²) in [5.74, 6) is 1.09. The second-order valence-corrected chi connectivity index (χ2v) is 6.15. The average Bonchev–Trinajstić information content (AvgIpc) is 3.14. The van der Waals surface area contributed by atoms with Crippen molar-refractivity contribution < 1.29 is 4.42 Å². The number of hydrogen-bond acceptors (Lipinski definition) is 3. The van der Waals surface area contributed by atoms with Crippen molar-refractivity contribution in [1.29, 1.82) is 0 Å². The zero-order chi connectivity index (χ0) is 14.7. The van der Waals surface area contributed by atoms with E-state index in [1.165, 1.54) is 31.2 Å². The average molecular weight is 286 g/mol. The van der Waals surface area contributed by atoms with Gasteiger partial charge in [0.1, 0.15) is 11.3 Å². The van der Waals surface area contributed by atoms with Gasteiger partial charge in [0, 0.05) is 18.0 Å². The van der Waals surface area contributed by atoms with Crippen LogP contribution in [0.3, 0.4) is 0 Å². The Hall–Kier alpha value is -1.32. The summed E-state index contributed by atoms with van der Waals surface area (Å²) in [5, 5.41) is 4.81. The fourth-order valence-corrected chi connectivity index (χ4v) is 3.31. The molecule has 1 fully saturated rings. The Morgan fingerprint density at radius 3 is 2.95 bits per heavy atom. The number of nitrogens with zero attached hydrogens (tertiary/aromatic N) is 1.